The first-order valence-electron chi connectivity index (χ1n) is 6.34. The molecule has 0 heterocycles. The summed E-state index contributed by atoms with van der Waals surface area (Å²) in [5.41, 5.74) is 2.07. The summed E-state index contributed by atoms with van der Waals surface area (Å²) in [5.74, 6) is 0. The molecule has 0 bridgehead atoms. The average molecular weight is 306 g/mol. The van der Waals surface area contributed by atoms with E-state index in [9.17, 15) is 0 Å². The van der Waals surface area contributed by atoms with E-state index >= 15 is 0 Å². The third-order valence-corrected chi connectivity index (χ3v) is 3.22. The maximum absolute atomic E-state index is 5.87. The van der Waals surface area contributed by atoms with Gasteiger partial charge in [0.05, 0.1) is 0 Å². The number of hydrogen-bond donors (Lipinski definition) is 0. The van der Waals surface area contributed by atoms with E-state index in [-0.39, 0.29) is 0 Å². The van der Waals surface area contributed by atoms with Crippen molar-refractivity contribution in [3.63, 3.8) is 0 Å². The summed E-state index contributed by atoms with van der Waals surface area (Å²) in [6.45, 7) is 2.83. The lowest BCUT2D eigenvalue weighted by molar-refractivity contribution is -0.524. The number of benzene rings is 2. The van der Waals surface area contributed by atoms with E-state index < -0.39 is 0 Å². The number of rotatable bonds is 4. The van der Waals surface area contributed by atoms with Gasteiger partial charge >= 0.3 is 0 Å². The van der Waals surface area contributed by atoms with Crippen molar-refractivity contribution >= 4 is 35.6 Å². The molecule has 0 aliphatic carbocycles. The molecule has 0 aromatic heterocycles. The fourth-order valence-electron chi connectivity index (χ4n) is 1.62. The van der Waals surface area contributed by atoms with Gasteiger partial charge in [-0.2, -0.15) is 0 Å². The minimum atomic E-state index is 0.724. The molecule has 0 atom stereocenters. The molecule has 0 radical (unpaired) electrons. The first-order chi connectivity index (χ1) is 9.67. The summed E-state index contributed by atoms with van der Waals surface area (Å²) in [6, 6.07) is 15.2. The Labute approximate surface area is 129 Å². The van der Waals surface area contributed by atoms with Crippen LogP contribution in [0, 0.1) is 0 Å². The highest BCUT2D eigenvalue weighted by atomic mass is 35.5. The smallest absolute Gasteiger partial charge is 0.0909 e. The standard InChI is InChI=1S/C16H15Cl2N2/c1-2-20(12-14-5-9-16(18)10-6-14)19-11-13-3-7-15(17)8-4-13/h3-12H,2H2,1H3/q+1/b19-11-,20-12+. The molecule has 0 saturated heterocycles. The Morgan fingerprint density at radius 3 is 1.90 bits per heavy atom. The van der Waals surface area contributed by atoms with Gasteiger partial charge < -0.3 is 0 Å². The highest BCUT2D eigenvalue weighted by Crippen LogP contribution is 2.09. The second-order valence-electron chi connectivity index (χ2n) is 4.23. The van der Waals surface area contributed by atoms with E-state index in [4.69, 9.17) is 23.2 Å². The second-order valence-corrected chi connectivity index (χ2v) is 5.11. The Hall–Kier alpha value is -1.64. The Morgan fingerprint density at radius 2 is 1.40 bits per heavy atom. The second kappa shape index (κ2) is 7.22. The van der Waals surface area contributed by atoms with Crippen LogP contribution >= 0.6 is 23.2 Å². The van der Waals surface area contributed by atoms with Crippen LogP contribution < -0.4 is 0 Å². The molecule has 2 rings (SSSR count). The van der Waals surface area contributed by atoms with Gasteiger partial charge in [-0.25, -0.2) is 0 Å². The van der Waals surface area contributed by atoms with E-state index in [1.54, 1.807) is 0 Å². The zero-order chi connectivity index (χ0) is 14.4. The lowest BCUT2D eigenvalue weighted by Gasteiger charge is -1.94. The monoisotopic (exact) mass is 305 g/mol. The van der Waals surface area contributed by atoms with E-state index in [0.717, 1.165) is 27.7 Å². The Morgan fingerprint density at radius 1 is 0.900 bits per heavy atom. The topological polar surface area (TPSA) is 15.4 Å². The summed E-state index contributed by atoms with van der Waals surface area (Å²) >= 11 is 11.7. The Kier molecular flexibility index (Phi) is 5.33. The van der Waals surface area contributed by atoms with E-state index in [0.29, 0.717) is 0 Å². The highest BCUT2D eigenvalue weighted by molar-refractivity contribution is 6.30. The molecule has 2 nitrogen and oxygen atoms in total. The van der Waals surface area contributed by atoms with Gasteiger partial charge in [0.2, 0.25) is 6.21 Å². The summed E-state index contributed by atoms with van der Waals surface area (Å²) < 4.78 is 1.87. The van der Waals surface area contributed by atoms with Crippen LogP contribution in [-0.2, 0) is 0 Å². The fourth-order valence-corrected chi connectivity index (χ4v) is 1.87. The van der Waals surface area contributed by atoms with Gasteiger partial charge in [0.1, 0.15) is 6.21 Å². The van der Waals surface area contributed by atoms with Crippen LogP contribution in [0.5, 0.6) is 0 Å². The SMILES string of the molecule is CC[N+](=C\c1ccc(Cl)cc1)/N=C\c1ccc(Cl)cc1. The van der Waals surface area contributed by atoms with Crippen LogP contribution in [0.3, 0.4) is 0 Å². The summed E-state index contributed by atoms with van der Waals surface area (Å²) in [7, 11) is 0. The maximum atomic E-state index is 5.87. The molecule has 0 saturated carbocycles. The van der Waals surface area contributed by atoms with E-state index in [2.05, 4.69) is 5.10 Å². The largest absolute Gasteiger partial charge is 0.203 e. The van der Waals surface area contributed by atoms with Crippen molar-refractivity contribution in [3.8, 4) is 0 Å². The average Bonchev–Trinajstić information content (AvgIpc) is 2.47. The van der Waals surface area contributed by atoms with Crippen molar-refractivity contribution in [2.75, 3.05) is 6.54 Å². The van der Waals surface area contributed by atoms with Crippen LogP contribution in [-0.4, -0.2) is 23.7 Å². The molecule has 4 heteroatoms. The van der Waals surface area contributed by atoms with Crippen LogP contribution in [0.4, 0.5) is 0 Å². The van der Waals surface area contributed by atoms with Gasteiger partial charge in [0, 0.05) is 15.6 Å². The maximum Gasteiger partial charge on any atom is 0.203 e. The molecule has 0 aliphatic heterocycles. The van der Waals surface area contributed by atoms with Crippen LogP contribution in [0.15, 0.2) is 53.6 Å². The normalized spacial score (nSPS) is 12.1. The molecule has 0 fully saturated rings. The minimum Gasteiger partial charge on any atom is -0.0909 e. The van der Waals surface area contributed by atoms with Gasteiger partial charge in [-0.3, -0.25) is 0 Å². The van der Waals surface area contributed by atoms with Crippen molar-refractivity contribution in [2.24, 2.45) is 5.10 Å². The first kappa shape index (κ1) is 14.8. The number of hydrazone groups is 1. The summed E-state index contributed by atoms with van der Waals surface area (Å²) in [6.07, 6.45) is 3.79. The third kappa shape index (κ3) is 4.48. The van der Waals surface area contributed by atoms with Crippen LogP contribution in [0.25, 0.3) is 0 Å². The Balaban J connectivity index is 2.15. The van der Waals surface area contributed by atoms with Crippen molar-refractivity contribution in [1.29, 1.82) is 0 Å². The lowest BCUT2D eigenvalue weighted by Crippen LogP contribution is -2.06. The van der Waals surface area contributed by atoms with Gasteiger partial charge in [0.15, 0.2) is 6.54 Å². The van der Waals surface area contributed by atoms with Gasteiger partial charge in [0.25, 0.3) is 0 Å². The zero-order valence-corrected chi connectivity index (χ0v) is 12.6. The fraction of sp³-hybridized carbons (Fsp3) is 0.125. The highest BCUT2D eigenvalue weighted by Gasteiger charge is 2.00. The predicted molar refractivity (Wildman–Crippen MR) is 86.5 cm³/mol. The van der Waals surface area contributed by atoms with Crippen molar-refractivity contribution in [3.05, 3.63) is 69.7 Å². The van der Waals surface area contributed by atoms with E-state index in [1.165, 1.54) is 0 Å². The van der Waals surface area contributed by atoms with Crippen LogP contribution in [0.1, 0.15) is 18.1 Å². The summed E-state index contributed by atoms with van der Waals surface area (Å²) in [4.78, 5) is 0. The minimum absolute atomic E-state index is 0.724. The van der Waals surface area contributed by atoms with Gasteiger partial charge in [-0.15, -0.1) is 0 Å². The molecule has 0 aliphatic rings. The zero-order valence-electron chi connectivity index (χ0n) is 11.1. The van der Waals surface area contributed by atoms with Gasteiger partial charge in [-0.05, 0) is 54.0 Å². The molecule has 0 unspecified atom stereocenters. The number of nitrogens with zero attached hydrogens (tertiary/aromatic N) is 2. The summed E-state index contributed by atoms with van der Waals surface area (Å²) in [5, 5.41) is 5.89. The van der Waals surface area contributed by atoms with Crippen molar-refractivity contribution in [1.82, 2.24) is 0 Å². The van der Waals surface area contributed by atoms with Crippen molar-refractivity contribution < 1.29 is 4.68 Å². The quantitative estimate of drug-likeness (QED) is 0.450. The lowest BCUT2D eigenvalue weighted by atomic mass is 10.2. The number of hydrogen-bond acceptors (Lipinski definition) is 1. The molecule has 0 N–H and O–H groups in total. The van der Waals surface area contributed by atoms with Gasteiger partial charge in [-0.1, -0.05) is 40.0 Å². The molecular weight excluding hydrogens is 291 g/mol. The molecule has 2 aromatic rings. The molecule has 102 valence electrons. The molecule has 2 aromatic carbocycles. The molecule has 0 amide bonds. The number of halogens is 2. The Bertz CT molecular complexity index is 614. The first-order valence-corrected chi connectivity index (χ1v) is 7.09. The molecule has 0 spiro atoms. The predicted octanol–water partition coefficient (Wildman–Crippen LogP) is 4.48. The molecular formula is C16H15Cl2N2+. The van der Waals surface area contributed by atoms with E-state index in [1.807, 2.05) is 72.6 Å². The third-order valence-electron chi connectivity index (χ3n) is 2.72. The molecule has 20 heavy (non-hydrogen) atoms. The van der Waals surface area contributed by atoms with Crippen molar-refractivity contribution in [2.45, 2.75) is 6.92 Å². The van der Waals surface area contributed by atoms with Crippen LogP contribution in [0.2, 0.25) is 10.0 Å².